The summed E-state index contributed by atoms with van der Waals surface area (Å²) >= 11 is 6.46. The van der Waals surface area contributed by atoms with Gasteiger partial charge < -0.3 is 20.1 Å². The van der Waals surface area contributed by atoms with Crippen LogP contribution in [0.1, 0.15) is 65.4 Å². The maximum Gasteiger partial charge on any atom is 0.258 e. The number of halogens is 1. The molecular weight excluding hydrogens is 388 g/mol. The van der Waals surface area contributed by atoms with Crippen molar-refractivity contribution in [1.29, 1.82) is 0 Å². The first-order valence-electron chi connectivity index (χ1n) is 10.6. The fraction of sp³-hybridized carbons (Fsp3) is 0.609. The summed E-state index contributed by atoms with van der Waals surface area (Å²) in [5.74, 6) is 0.906. The average molecular weight is 423 g/mol. The van der Waals surface area contributed by atoms with Crippen molar-refractivity contribution in [3.8, 4) is 11.5 Å². The normalized spacial score (nSPS) is 14.3. The molecule has 2 rings (SSSR count). The van der Waals surface area contributed by atoms with E-state index in [1.54, 1.807) is 11.6 Å². The number of benzene rings is 1. The summed E-state index contributed by atoms with van der Waals surface area (Å²) < 4.78 is 11.4. The third-order valence-corrected chi connectivity index (χ3v) is 4.96. The topological polar surface area (TPSA) is 59.6 Å². The number of carbonyl (C=O) groups is 1. The molecule has 2 N–H and O–H groups in total. The molecule has 1 amide bonds. The molecule has 0 unspecified atom stereocenters. The van der Waals surface area contributed by atoms with Crippen LogP contribution >= 0.6 is 11.6 Å². The zero-order valence-electron chi connectivity index (χ0n) is 18.2. The maximum atomic E-state index is 12.0. The Labute approximate surface area is 180 Å². The van der Waals surface area contributed by atoms with Crippen LogP contribution in [0.2, 0.25) is 5.02 Å². The highest BCUT2D eigenvalue weighted by atomic mass is 35.5. The van der Waals surface area contributed by atoms with E-state index in [9.17, 15) is 4.79 Å². The van der Waals surface area contributed by atoms with E-state index in [1.165, 1.54) is 25.7 Å². The number of carbonyl (C=O) groups excluding carboxylic acids is 1. The molecule has 1 aliphatic rings. The van der Waals surface area contributed by atoms with Crippen LogP contribution in [0.3, 0.4) is 0 Å². The monoisotopic (exact) mass is 422 g/mol. The van der Waals surface area contributed by atoms with Crippen molar-refractivity contribution in [3.63, 3.8) is 0 Å². The fourth-order valence-electron chi connectivity index (χ4n) is 3.30. The SMILES string of the molecule is CCOc1cc(CNCCC2=CCCCC2)c(Cl)cc1OCC(=O)NC(C)(C)C. The Morgan fingerprint density at radius 3 is 2.59 bits per heavy atom. The molecule has 0 fully saturated rings. The van der Waals surface area contributed by atoms with Crippen molar-refractivity contribution in [3.05, 3.63) is 34.4 Å². The lowest BCUT2D eigenvalue weighted by atomic mass is 9.97. The lowest BCUT2D eigenvalue weighted by Gasteiger charge is -2.21. The van der Waals surface area contributed by atoms with Gasteiger partial charge in [0.15, 0.2) is 18.1 Å². The van der Waals surface area contributed by atoms with Crippen molar-refractivity contribution in [2.24, 2.45) is 0 Å². The molecule has 0 bridgehead atoms. The Morgan fingerprint density at radius 1 is 1.17 bits per heavy atom. The minimum atomic E-state index is -0.302. The van der Waals surface area contributed by atoms with Crippen molar-refractivity contribution in [2.45, 2.75) is 71.9 Å². The molecule has 29 heavy (non-hydrogen) atoms. The van der Waals surface area contributed by atoms with Crippen LogP contribution in [0.25, 0.3) is 0 Å². The van der Waals surface area contributed by atoms with Crippen molar-refractivity contribution in [2.75, 3.05) is 19.8 Å². The summed E-state index contributed by atoms with van der Waals surface area (Å²) in [6.45, 7) is 9.72. The molecule has 0 saturated heterocycles. The summed E-state index contributed by atoms with van der Waals surface area (Å²) in [7, 11) is 0. The lowest BCUT2D eigenvalue weighted by Crippen LogP contribution is -2.43. The van der Waals surface area contributed by atoms with Gasteiger partial charge in [-0.3, -0.25) is 4.79 Å². The Kier molecular flexibility index (Phi) is 9.31. The van der Waals surface area contributed by atoms with Crippen molar-refractivity contribution < 1.29 is 14.3 Å². The first-order chi connectivity index (χ1) is 13.8. The molecule has 1 aromatic carbocycles. The van der Waals surface area contributed by atoms with E-state index in [4.69, 9.17) is 21.1 Å². The smallest absolute Gasteiger partial charge is 0.258 e. The average Bonchev–Trinajstić information content (AvgIpc) is 2.65. The Bertz CT molecular complexity index is 711. The van der Waals surface area contributed by atoms with Gasteiger partial charge in [0.25, 0.3) is 5.91 Å². The number of hydrogen-bond acceptors (Lipinski definition) is 4. The molecule has 162 valence electrons. The molecule has 0 spiro atoms. The predicted octanol–water partition coefficient (Wildman–Crippen LogP) is 5.01. The van der Waals surface area contributed by atoms with Gasteiger partial charge in [-0.2, -0.15) is 0 Å². The second-order valence-corrected chi connectivity index (χ2v) is 8.85. The summed E-state index contributed by atoms with van der Waals surface area (Å²) in [5, 5.41) is 6.95. The Morgan fingerprint density at radius 2 is 1.93 bits per heavy atom. The molecule has 6 heteroatoms. The highest BCUT2D eigenvalue weighted by Gasteiger charge is 2.16. The zero-order valence-corrected chi connectivity index (χ0v) is 19.0. The fourth-order valence-corrected chi connectivity index (χ4v) is 3.52. The Balaban J connectivity index is 1.93. The predicted molar refractivity (Wildman–Crippen MR) is 119 cm³/mol. The largest absolute Gasteiger partial charge is 0.490 e. The van der Waals surface area contributed by atoms with Crippen molar-refractivity contribution in [1.82, 2.24) is 10.6 Å². The van der Waals surface area contributed by atoms with E-state index in [0.717, 1.165) is 18.5 Å². The Hall–Kier alpha value is -1.72. The van der Waals surface area contributed by atoms with Crippen LogP contribution in [0.5, 0.6) is 11.5 Å². The number of nitrogens with one attached hydrogen (secondary N) is 2. The van der Waals surface area contributed by atoms with E-state index in [2.05, 4.69) is 16.7 Å². The highest BCUT2D eigenvalue weighted by molar-refractivity contribution is 6.31. The van der Waals surface area contributed by atoms with Crippen LogP contribution in [-0.4, -0.2) is 31.2 Å². The van der Waals surface area contributed by atoms with Gasteiger partial charge in [-0.15, -0.1) is 0 Å². The summed E-state index contributed by atoms with van der Waals surface area (Å²) in [5.41, 5.74) is 2.21. The second-order valence-electron chi connectivity index (χ2n) is 8.45. The van der Waals surface area contributed by atoms with Crippen LogP contribution in [0, 0.1) is 0 Å². The van der Waals surface area contributed by atoms with Gasteiger partial charge in [-0.1, -0.05) is 23.3 Å². The summed E-state index contributed by atoms with van der Waals surface area (Å²) in [4.78, 5) is 12.0. The van der Waals surface area contributed by atoms with Gasteiger partial charge in [0, 0.05) is 23.2 Å². The van der Waals surface area contributed by atoms with Crippen LogP contribution in [0.4, 0.5) is 0 Å². The summed E-state index contributed by atoms with van der Waals surface area (Å²) in [6.07, 6.45) is 8.54. The molecule has 0 heterocycles. The van der Waals surface area contributed by atoms with E-state index >= 15 is 0 Å². The number of amides is 1. The molecule has 1 aromatic rings. The second kappa shape index (κ2) is 11.5. The van der Waals surface area contributed by atoms with Gasteiger partial charge in [-0.25, -0.2) is 0 Å². The minimum Gasteiger partial charge on any atom is -0.490 e. The number of hydrogen-bond donors (Lipinski definition) is 2. The van der Waals surface area contributed by atoms with Gasteiger partial charge in [0.1, 0.15) is 0 Å². The van der Waals surface area contributed by atoms with Gasteiger partial charge >= 0.3 is 0 Å². The maximum absolute atomic E-state index is 12.0. The third kappa shape index (κ3) is 8.67. The first-order valence-corrected chi connectivity index (χ1v) is 10.9. The van der Waals surface area contributed by atoms with Crippen LogP contribution in [-0.2, 0) is 11.3 Å². The van der Waals surface area contributed by atoms with E-state index in [0.29, 0.717) is 29.7 Å². The van der Waals surface area contributed by atoms with Crippen LogP contribution < -0.4 is 20.1 Å². The lowest BCUT2D eigenvalue weighted by molar-refractivity contribution is -0.124. The number of ether oxygens (including phenoxy) is 2. The molecule has 0 atom stereocenters. The van der Waals surface area contributed by atoms with E-state index in [1.807, 2.05) is 33.8 Å². The van der Waals surface area contributed by atoms with Gasteiger partial charge in [-0.05, 0) is 78.0 Å². The molecule has 0 aromatic heterocycles. The van der Waals surface area contributed by atoms with Crippen molar-refractivity contribution >= 4 is 17.5 Å². The van der Waals surface area contributed by atoms with Gasteiger partial charge in [0.05, 0.1) is 6.61 Å². The standard InChI is InChI=1S/C23H35ClN2O3/c1-5-28-20-13-18(15-25-12-11-17-9-7-6-8-10-17)19(24)14-21(20)29-16-22(27)26-23(2,3)4/h9,13-14,25H,5-8,10-12,15-16H2,1-4H3,(H,26,27). The molecule has 0 aliphatic heterocycles. The van der Waals surface area contributed by atoms with E-state index in [-0.39, 0.29) is 18.1 Å². The molecule has 0 radical (unpaired) electrons. The number of allylic oxidation sites excluding steroid dienone is 1. The van der Waals surface area contributed by atoms with Crippen LogP contribution in [0.15, 0.2) is 23.8 Å². The molecule has 5 nitrogen and oxygen atoms in total. The van der Waals surface area contributed by atoms with Gasteiger partial charge in [0.2, 0.25) is 0 Å². The highest BCUT2D eigenvalue weighted by Crippen LogP contribution is 2.33. The third-order valence-electron chi connectivity index (χ3n) is 4.61. The number of rotatable bonds is 10. The molecular formula is C23H35ClN2O3. The first kappa shape index (κ1) is 23.6. The van der Waals surface area contributed by atoms with E-state index < -0.39 is 0 Å². The molecule has 0 saturated carbocycles. The minimum absolute atomic E-state index is 0.0830. The quantitative estimate of drug-likeness (QED) is 0.411. The zero-order chi connectivity index (χ0) is 21.3. The summed E-state index contributed by atoms with van der Waals surface area (Å²) in [6, 6.07) is 3.63. The molecule has 1 aliphatic carbocycles.